The smallest absolute Gasteiger partial charge is 0.335 e. The van der Waals surface area contributed by atoms with Gasteiger partial charge in [0.1, 0.15) is 24.1 Å². The van der Waals surface area contributed by atoms with Gasteiger partial charge in [-0.2, -0.15) is 3.89 Å². The first-order chi connectivity index (χ1) is 11.9. The Morgan fingerprint density at radius 3 is 2.36 bits per heavy atom. The lowest BCUT2D eigenvalue weighted by molar-refractivity contribution is -0.270. The van der Waals surface area contributed by atoms with Gasteiger partial charge in [0.05, 0.1) is 12.1 Å². The highest BCUT2D eigenvalue weighted by Gasteiger charge is 2.48. The molecule has 0 bridgehead atoms. The van der Waals surface area contributed by atoms with Crippen LogP contribution in [0.2, 0.25) is 0 Å². The lowest BCUT2D eigenvalue weighted by atomic mass is 9.99. The molecule has 1 aliphatic heterocycles. The van der Waals surface area contributed by atoms with Crippen molar-refractivity contribution in [3.63, 3.8) is 0 Å². The summed E-state index contributed by atoms with van der Waals surface area (Å²) in [6.07, 6.45) is -8.50. The summed E-state index contributed by atoms with van der Waals surface area (Å²) in [5.41, 5.74) is 0. The third-order valence-corrected chi connectivity index (χ3v) is 4.51. The van der Waals surface area contributed by atoms with Crippen LogP contribution in [-0.2, 0) is 9.53 Å². The van der Waals surface area contributed by atoms with E-state index in [0.29, 0.717) is 15.7 Å². The molecule has 25 heavy (non-hydrogen) atoms. The molecular weight excluding hydrogens is 355 g/mol. The number of fused-ring (bicyclic) bond motifs is 1. The van der Waals surface area contributed by atoms with Crippen molar-refractivity contribution in [1.29, 1.82) is 0 Å². The Kier molecular flexibility index (Phi) is 5.11. The van der Waals surface area contributed by atoms with Gasteiger partial charge in [0.2, 0.25) is 6.29 Å². The summed E-state index contributed by atoms with van der Waals surface area (Å²) in [6.45, 7) is 0. The van der Waals surface area contributed by atoms with E-state index in [1.807, 2.05) is 0 Å². The van der Waals surface area contributed by atoms with Gasteiger partial charge in [-0.3, -0.25) is 0 Å². The van der Waals surface area contributed by atoms with E-state index in [1.54, 1.807) is 24.3 Å². The van der Waals surface area contributed by atoms with E-state index in [9.17, 15) is 24.0 Å². The molecule has 134 valence electrons. The summed E-state index contributed by atoms with van der Waals surface area (Å²) in [5.74, 6) is -1.29. The average molecular weight is 370 g/mol. The van der Waals surface area contributed by atoms with Crippen LogP contribution in [0.5, 0.6) is 5.75 Å². The number of carbonyl (C=O) groups is 1. The molecule has 2 aromatic rings. The molecule has 0 saturated carbocycles. The molecule has 1 saturated heterocycles. The molecule has 0 spiro atoms. The number of aliphatic hydroxyl groups is 3. The Balaban J connectivity index is 1.94. The van der Waals surface area contributed by atoms with Gasteiger partial charge in [0.15, 0.2) is 6.10 Å². The van der Waals surface area contributed by atoms with Crippen molar-refractivity contribution in [3.05, 3.63) is 36.4 Å². The van der Waals surface area contributed by atoms with Crippen LogP contribution in [0.4, 0.5) is 3.89 Å². The third kappa shape index (κ3) is 3.29. The number of rotatable bonds is 4. The highest BCUT2D eigenvalue weighted by molar-refractivity contribution is 7.94. The number of aliphatic hydroxyl groups excluding tert-OH is 3. The SMILES string of the molecule is O=C(O)C1OC(Oc2ccc(SF)c3ccccc23)C(O)C(O)C1O. The first-order valence-corrected chi connectivity index (χ1v) is 8.05. The summed E-state index contributed by atoms with van der Waals surface area (Å²) in [4.78, 5) is 11.5. The molecule has 0 radical (unpaired) electrons. The highest BCUT2D eigenvalue weighted by atomic mass is 32.2. The molecular formula is C16H15FO7S. The van der Waals surface area contributed by atoms with E-state index in [0.717, 1.165) is 0 Å². The number of hydrogen-bond donors (Lipinski definition) is 4. The van der Waals surface area contributed by atoms with Crippen molar-refractivity contribution >= 4 is 28.9 Å². The van der Waals surface area contributed by atoms with Crippen LogP contribution >= 0.6 is 12.1 Å². The van der Waals surface area contributed by atoms with Crippen LogP contribution in [-0.4, -0.2) is 57.1 Å². The standard InChI is InChI=1S/C16H15FO7S/c17-25-10-6-5-9(7-3-1-2-4-8(7)10)23-16-13(20)11(18)12(19)14(24-16)15(21)22/h1-6,11-14,16,18-20H,(H,21,22). The first-order valence-electron chi connectivity index (χ1n) is 7.33. The fourth-order valence-electron chi connectivity index (χ4n) is 2.69. The molecule has 1 heterocycles. The van der Waals surface area contributed by atoms with Crippen molar-refractivity contribution in [2.24, 2.45) is 0 Å². The molecule has 0 aliphatic carbocycles. The maximum Gasteiger partial charge on any atom is 0.335 e. The molecule has 2 aromatic carbocycles. The molecule has 7 nitrogen and oxygen atoms in total. The topological polar surface area (TPSA) is 116 Å². The Labute approximate surface area is 145 Å². The quantitative estimate of drug-likeness (QED) is 0.632. The predicted molar refractivity (Wildman–Crippen MR) is 85.9 cm³/mol. The van der Waals surface area contributed by atoms with Gasteiger partial charge in [-0.15, -0.1) is 0 Å². The zero-order valence-corrected chi connectivity index (χ0v) is 13.5. The van der Waals surface area contributed by atoms with Crippen molar-refractivity contribution in [2.75, 3.05) is 0 Å². The fourth-order valence-corrected chi connectivity index (χ4v) is 3.07. The molecule has 5 unspecified atom stereocenters. The summed E-state index contributed by atoms with van der Waals surface area (Å²) in [6, 6.07) is 9.70. The van der Waals surface area contributed by atoms with Gasteiger partial charge in [-0.25, -0.2) is 4.79 Å². The van der Waals surface area contributed by atoms with Gasteiger partial charge in [0.25, 0.3) is 0 Å². The van der Waals surface area contributed by atoms with E-state index < -0.39 is 36.7 Å². The Morgan fingerprint density at radius 2 is 1.72 bits per heavy atom. The third-order valence-electron chi connectivity index (χ3n) is 3.98. The normalized spacial score (nSPS) is 29.5. The second kappa shape index (κ2) is 7.14. The van der Waals surface area contributed by atoms with E-state index in [4.69, 9.17) is 14.6 Å². The summed E-state index contributed by atoms with van der Waals surface area (Å²) >= 11 is 0.0716. The maximum absolute atomic E-state index is 13.0. The van der Waals surface area contributed by atoms with Crippen molar-refractivity contribution in [1.82, 2.24) is 0 Å². The molecule has 4 N–H and O–H groups in total. The minimum Gasteiger partial charge on any atom is -0.479 e. The van der Waals surface area contributed by atoms with Crippen LogP contribution in [0.1, 0.15) is 0 Å². The molecule has 9 heteroatoms. The Bertz CT molecular complexity index is 786. The number of hydrogen-bond acceptors (Lipinski definition) is 7. The Hall–Kier alpha value is -1.91. The van der Waals surface area contributed by atoms with Crippen LogP contribution in [0.15, 0.2) is 41.3 Å². The number of halogens is 1. The van der Waals surface area contributed by atoms with Crippen LogP contribution in [0.25, 0.3) is 10.8 Å². The molecule has 3 rings (SSSR count). The second-order valence-corrected chi connectivity index (χ2v) is 6.13. The van der Waals surface area contributed by atoms with Gasteiger partial charge in [-0.05, 0) is 12.1 Å². The van der Waals surface area contributed by atoms with Crippen LogP contribution < -0.4 is 4.74 Å². The minimum atomic E-state index is -1.80. The first kappa shape index (κ1) is 17.9. The van der Waals surface area contributed by atoms with Crippen molar-refractivity contribution < 1.29 is 38.6 Å². The fraction of sp³-hybridized carbons (Fsp3) is 0.312. The number of carboxylic acid groups (broad SMARTS) is 1. The van der Waals surface area contributed by atoms with Gasteiger partial charge >= 0.3 is 5.97 Å². The van der Waals surface area contributed by atoms with Crippen LogP contribution in [0.3, 0.4) is 0 Å². The Morgan fingerprint density at radius 1 is 1.04 bits per heavy atom. The van der Waals surface area contributed by atoms with Crippen LogP contribution in [0, 0.1) is 0 Å². The number of carboxylic acids is 1. The van der Waals surface area contributed by atoms with Gasteiger partial charge in [0, 0.05) is 15.7 Å². The highest BCUT2D eigenvalue weighted by Crippen LogP contribution is 2.36. The summed E-state index contributed by atoms with van der Waals surface area (Å²) in [5, 5.41) is 39.7. The van der Waals surface area contributed by atoms with E-state index >= 15 is 0 Å². The second-order valence-electron chi connectivity index (χ2n) is 5.54. The largest absolute Gasteiger partial charge is 0.479 e. The summed E-state index contributed by atoms with van der Waals surface area (Å²) in [7, 11) is 0. The zero-order chi connectivity index (χ0) is 18.1. The maximum atomic E-state index is 13.0. The minimum absolute atomic E-state index is 0.0716. The monoisotopic (exact) mass is 370 g/mol. The lowest BCUT2D eigenvalue weighted by Gasteiger charge is -2.38. The van der Waals surface area contributed by atoms with E-state index in [-0.39, 0.29) is 17.9 Å². The number of benzene rings is 2. The molecule has 1 aliphatic rings. The average Bonchev–Trinajstić information content (AvgIpc) is 2.62. The molecule has 5 atom stereocenters. The lowest BCUT2D eigenvalue weighted by Crippen LogP contribution is -2.61. The van der Waals surface area contributed by atoms with Gasteiger partial charge < -0.3 is 29.9 Å². The van der Waals surface area contributed by atoms with Crippen molar-refractivity contribution in [3.8, 4) is 5.75 Å². The zero-order valence-electron chi connectivity index (χ0n) is 12.7. The molecule has 0 aromatic heterocycles. The van der Waals surface area contributed by atoms with Crippen molar-refractivity contribution in [2.45, 2.75) is 35.6 Å². The number of ether oxygens (including phenoxy) is 2. The summed E-state index contributed by atoms with van der Waals surface area (Å²) < 4.78 is 23.7. The van der Waals surface area contributed by atoms with E-state index in [1.165, 1.54) is 12.1 Å². The van der Waals surface area contributed by atoms with E-state index in [2.05, 4.69) is 0 Å². The molecule has 1 fully saturated rings. The predicted octanol–water partition coefficient (Wildman–Crippen LogP) is 1.09. The number of aliphatic carboxylic acids is 1. The molecule has 0 amide bonds. The van der Waals surface area contributed by atoms with Gasteiger partial charge in [-0.1, -0.05) is 24.3 Å².